The molecule has 2 saturated heterocycles. The SMILES string of the molecule is CCN(c1ccccc1)c1ccc(CNC(=O)CC2CC3CCC(C2)N3)cc1. The van der Waals surface area contributed by atoms with Crippen LogP contribution in [0.4, 0.5) is 11.4 Å². The van der Waals surface area contributed by atoms with Crippen molar-refractivity contribution in [1.29, 1.82) is 0 Å². The Bertz CT molecular complexity index is 762. The van der Waals surface area contributed by atoms with Crippen LogP contribution in [0.1, 0.15) is 44.6 Å². The van der Waals surface area contributed by atoms with Crippen LogP contribution in [0.2, 0.25) is 0 Å². The summed E-state index contributed by atoms with van der Waals surface area (Å²) in [5.41, 5.74) is 3.52. The fraction of sp³-hybridized carbons (Fsp3) is 0.458. The van der Waals surface area contributed by atoms with E-state index < -0.39 is 0 Å². The second-order valence-corrected chi connectivity index (χ2v) is 8.20. The van der Waals surface area contributed by atoms with Crippen LogP contribution in [0, 0.1) is 5.92 Å². The highest BCUT2D eigenvalue weighted by molar-refractivity contribution is 5.76. The highest BCUT2D eigenvalue weighted by Gasteiger charge is 2.34. The molecule has 2 unspecified atom stereocenters. The van der Waals surface area contributed by atoms with Crippen molar-refractivity contribution in [2.75, 3.05) is 11.4 Å². The second kappa shape index (κ2) is 8.78. The largest absolute Gasteiger partial charge is 0.352 e. The summed E-state index contributed by atoms with van der Waals surface area (Å²) in [6, 6.07) is 20.2. The van der Waals surface area contributed by atoms with E-state index in [9.17, 15) is 4.79 Å². The van der Waals surface area contributed by atoms with Crippen molar-refractivity contribution in [3.63, 3.8) is 0 Å². The van der Waals surface area contributed by atoms with Gasteiger partial charge in [0.1, 0.15) is 0 Å². The first kappa shape index (κ1) is 19.0. The normalized spacial score (nSPS) is 23.4. The molecule has 148 valence electrons. The maximum atomic E-state index is 12.4. The third-order valence-corrected chi connectivity index (χ3v) is 6.17. The monoisotopic (exact) mass is 377 g/mol. The summed E-state index contributed by atoms with van der Waals surface area (Å²) in [5, 5.41) is 6.76. The van der Waals surface area contributed by atoms with Gasteiger partial charge in [0, 0.05) is 43.0 Å². The van der Waals surface area contributed by atoms with E-state index in [2.05, 4.69) is 71.0 Å². The highest BCUT2D eigenvalue weighted by atomic mass is 16.1. The summed E-state index contributed by atoms with van der Waals surface area (Å²) in [4.78, 5) is 14.7. The molecule has 2 N–H and O–H groups in total. The van der Waals surface area contributed by atoms with Crippen LogP contribution in [0.25, 0.3) is 0 Å². The van der Waals surface area contributed by atoms with E-state index in [1.165, 1.54) is 24.2 Å². The molecule has 2 aliphatic heterocycles. The number of carbonyl (C=O) groups excluding carboxylic acids is 1. The molecule has 28 heavy (non-hydrogen) atoms. The molecule has 0 aliphatic carbocycles. The summed E-state index contributed by atoms with van der Waals surface area (Å²) in [5.74, 6) is 0.736. The number of anilines is 2. The van der Waals surface area contributed by atoms with Crippen LogP contribution in [-0.4, -0.2) is 24.5 Å². The standard InChI is InChI=1S/C24H31N3O/c1-2-27(22-6-4-3-5-7-22)23-12-8-18(9-13-23)17-25-24(28)16-19-14-20-10-11-21(15-19)26-20/h3-9,12-13,19-21,26H,2,10-11,14-17H2,1H3,(H,25,28). The van der Waals surface area contributed by atoms with E-state index in [0.717, 1.165) is 24.9 Å². The maximum Gasteiger partial charge on any atom is 0.220 e. The zero-order valence-corrected chi connectivity index (χ0v) is 16.7. The number of hydrogen-bond acceptors (Lipinski definition) is 3. The van der Waals surface area contributed by atoms with E-state index in [1.807, 2.05) is 6.07 Å². The molecule has 2 aromatic carbocycles. The molecule has 0 spiro atoms. The molecule has 2 heterocycles. The molecule has 2 aliphatic rings. The molecular weight excluding hydrogens is 346 g/mol. The van der Waals surface area contributed by atoms with Crippen molar-refractivity contribution < 1.29 is 4.79 Å². The van der Waals surface area contributed by atoms with Crippen LogP contribution >= 0.6 is 0 Å². The van der Waals surface area contributed by atoms with Crippen LogP contribution in [0.15, 0.2) is 54.6 Å². The summed E-state index contributed by atoms with van der Waals surface area (Å²) in [6.07, 6.45) is 5.56. The lowest BCUT2D eigenvalue weighted by Gasteiger charge is -2.28. The van der Waals surface area contributed by atoms with Gasteiger partial charge in [-0.2, -0.15) is 0 Å². The molecule has 1 amide bonds. The zero-order valence-electron chi connectivity index (χ0n) is 16.7. The number of nitrogens with one attached hydrogen (secondary N) is 2. The molecule has 2 bridgehead atoms. The van der Waals surface area contributed by atoms with Gasteiger partial charge in [0.25, 0.3) is 0 Å². The predicted molar refractivity (Wildman–Crippen MR) is 115 cm³/mol. The first-order chi connectivity index (χ1) is 13.7. The van der Waals surface area contributed by atoms with Crippen molar-refractivity contribution in [2.24, 2.45) is 5.92 Å². The Morgan fingerprint density at radius 1 is 1.00 bits per heavy atom. The fourth-order valence-electron chi connectivity index (χ4n) is 4.79. The summed E-state index contributed by atoms with van der Waals surface area (Å²) in [6.45, 7) is 3.68. The van der Waals surface area contributed by atoms with Crippen molar-refractivity contribution >= 4 is 17.3 Å². The minimum Gasteiger partial charge on any atom is -0.352 e. The number of piperidine rings is 1. The minimum atomic E-state index is 0.190. The van der Waals surface area contributed by atoms with Gasteiger partial charge in [-0.25, -0.2) is 0 Å². The number of rotatable bonds is 7. The predicted octanol–water partition coefficient (Wildman–Crippen LogP) is 4.38. The Labute approximate surface area is 168 Å². The van der Waals surface area contributed by atoms with Gasteiger partial charge in [0.15, 0.2) is 0 Å². The van der Waals surface area contributed by atoms with Crippen LogP contribution in [-0.2, 0) is 11.3 Å². The summed E-state index contributed by atoms with van der Waals surface area (Å²) >= 11 is 0. The topological polar surface area (TPSA) is 44.4 Å². The van der Waals surface area contributed by atoms with E-state index in [0.29, 0.717) is 31.0 Å². The van der Waals surface area contributed by atoms with E-state index in [1.54, 1.807) is 0 Å². The molecule has 2 atom stereocenters. The van der Waals surface area contributed by atoms with Crippen molar-refractivity contribution in [3.05, 3.63) is 60.2 Å². The molecule has 0 aromatic heterocycles. The van der Waals surface area contributed by atoms with Gasteiger partial charge in [-0.3, -0.25) is 4.79 Å². The number of hydrogen-bond donors (Lipinski definition) is 2. The molecule has 2 fully saturated rings. The lowest BCUT2D eigenvalue weighted by molar-refractivity contribution is -0.122. The van der Waals surface area contributed by atoms with Crippen molar-refractivity contribution in [2.45, 2.75) is 57.7 Å². The Morgan fingerprint density at radius 2 is 1.64 bits per heavy atom. The number of para-hydroxylation sites is 1. The first-order valence-electron chi connectivity index (χ1n) is 10.7. The average Bonchev–Trinajstić information content (AvgIpc) is 3.07. The van der Waals surface area contributed by atoms with Crippen molar-refractivity contribution in [1.82, 2.24) is 10.6 Å². The third-order valence-electron chi connectivity index (χ3n) is 6.17. The van der Waals surface area contributed by atoms with Gasteiger partial charge in [-0.05, 0) is 68.4 Å². The van der Waals surface area contributed by atoms with Crippen LogP contribution < -0.4 is 15.5 Å². The van der Waals surface area contributed by atoms with E-state index in [4.69, 9.17) is 0 Å². The fourth-order valence-corrected chi connectivity index (χ4v) is 4.79. The Morgan fingerprint density at radius 3 is 2.29 bits per heavy atom. The smallest absolute Gasteiger partial charge is 0.220 e. The number of nitrogens with zero attached hydrogens (tertiary/aromatic N) is 1. The van der Waals surface area contributed by atoms with Gasteiger partial charge in [0.2, 0.25) is 5.91 Å². The van der Waals surface area contributed by atoms with Gasteiger partial charge in [0.05, 0.1) is 0 Å². The van der Waals surface area contributed by atoms with Gasteiger partial charge >= 0.3 is 0 Å². The molecule has 2 aromatic rings. The summed E-state index contributed by atoms with van der Waals surface area (Å²) < 4.78 is 0. The molecule has 4 nitrogen and oxygen atoms in total. The minimum absolute atomic E-state index is 0.190. The highest BCUT2D eigenvalue weighted by Crippen LogP contribution is 2.32. The zero-order chi connectivity index (χ0) is 19.3. The molecule has 0 radical (unpaired) electrons. The molecular formula is C24H31N3O. The van der Waals surface area contributed by atoms with Crippen LogP contribution in [0.3, 0.4) is 0 Å². The average molecular weight is 378 g/mol. The van der Waals surface area contributed by atoms with Gasteiger partial charge in [-0.1, -0.05) is 30.3 Å². The third kappa shape index (κ3) is 4.56. The van der Waals surface area contributed by atoms with Gasteiger partial charge in [-0.15, -0.1) is 0 Å². The number of fused-ring (bicyclic) bond motifs is 2. The maximum absolute atomic E-state index is 12.4. The molecule has 0 saturated carbocycles. The Balaban J connectivity index is 1.29. The van der Waals surface area contributed by atoms with Crippen molar-refractivity contribution in [3.8, 4) is 0 Å². The first-order valence-corrected chi connectivity index (χ1v) is 10.7. The Hall–Kier alpha value is -2.33. The van der Waals surface area contributed by atoms with E-state index in [-0.39, 0.29) is 5.91 Å². The second-order valence-electron chi connectivity index (χ2n) is 8.20. The van der Waals surface area contributed by atoms with Gasteiger partial charge < -0.3 is 15.5 Å². The summed E-state index contributed by atoms with van der Waals surface area (Å²) in [7, 11) is 0. The van der Waals surface area contributed by atoms with E-state index >= 15 is 0 Å². The molecule has 4 heteroatoms. The lowest BCUT2D eigenvalue weighted by Crippen LogP contribution is -2.39. The quantitative estimate of drug-likeness (QED) is 0.752. The van der Waals surface area contributed by atoms with Crippen LogP contribution in [0.5, 0.6) is 0 Å². The number of carbonyl (C=O) groups is 1. The number of benzene rings is 2. The molecule has 4 rings (SSSR count). The Kier molecular flexibility index (Phi) is 5.96. The lowest BCUT2D eigenvalue weighted by atomic mass is 9.89. The number of amides is 1.